The largest absolute Gasteiger partial charge is 0.511 e. The third-order valence-corrected chi connectivity index (χ3v) is 8.52. The zero-order valence-corrected chi connectivity index (χ0v) is 16.7. The third kappa shape index (κ3) is 3.38. The first-order valence-corrected chi connectivity index (χ1v) is 11.2. The molecule has 4 aliphatic rings. The first-order chi connectivity index (χ1) is 12.4. The van der Waals surface area contributed by atoms with E-state index in [2.05, 4.69) is 0 Å². The van der Waals surface area contributed by atoms with Gasteiger partial charge in [0.25, 0.3) is 0 Å². The molecule has 27 heavy (non-hydrogen) atoms. The highest BCUT2D eigenvalue weighted by molar-refractivity contribution is 7.90. The molecule has 0 aliphatic heterocycles. The molecule has 6 atom stereocenters. The summed E-state index contributed by atoms with van der Waals surface area (Å²) in [5, 5.41) is 0. The zero-order valence-electron chi connectivity index (χ0n) is 14.3. The maximum atomic E-state index is 13.1. The maximum Gasteiger partial charge on any atom is 0.511 e. The smallest absolute Gasteiger partial charge is 0.203 e. The summed E-state index contributed by atoms with van der Waals surface area (Å²) in [6, 6.07) is 7.35. The fourth-order valence-electron chi connectivity index (χ4n) is 5.81. The van der Waals surface area contributed by atoms with Crippen LogP contribution >= 0.6 is 23.2 Å². The standard InChI is InChI=1S/C18H20Cl2F3NO2S/c19-16-7-11-6-13(9-16)14(17(20,8-11)10-16)15(12-4-2-1-3-5-12)24-27(25,26)18(21,22)23/h1-5,11,13-15,24H,6-10H2/t11-,13+,14-,15?,16+,17+/m1/s1. The minimum Gasteiger partial charge on any atom is -0.203 e. The van der Waals surface area contributed by atoms with Crippen LogP contribution in [0.15, 0.2) is 30.3 Å². The van der Waals surface area contributed by atoms with Crippen LogP contribution in [-0.4, -0.2) is 23.7 Å². The van der Waals surface area contributed by atoms with Gasteiger partial charge in [0.2, 0.25) is 0 Å². The molecule has 4 bridgehead atoms. The van der Waals surface area contributed by atoms with Gasteiger partial charge < -0.3 is 0 Å². The molecule has 3 nitrogen and oxygen atoms in total. The van der Waals surface area contributed by atoms with Gasteiger partial charge in [-0.05, 0) is 49.5 Å². The number of nitrogens with one attached hydrogen (secondary N) is 1. The van der Waals surface area contributed by atoms with Crippen LogP contribution in [0.5, 0.6) is 0 Å². The van der Waals surface area contributed by atoms with Crippen molar-refractivity contribution in [1.29, 1.82) is 0 Å². The SMILES string of the molecule is O=S(=O)(NC(c1ccccc1)[C@H]1[C@H]2C[C@@H]3C[C@](Cl)(C2)C[C@@]1(Cl)C3)C(F)(F)F. The van der Waals surface area contributed by atoms with Crippen molar-refractivity contribution in [1.82, 2.24) is 4.72 Å². The number of halogens is 5. The van der Waals surface area contributed by atoms with E-state index in [0.717, 1.165) is 12.8 Å². The van der Waals surface area contributed by atoms with E-state index in [0.29, 0.717) is 30.7 Å². The molecular weight excluding hydrogens is 422 g/mol. The Labute approximate surface area is 166 Å². The number of benzene rings is 1. The normalized spacial score (nSPS) is 39.5. The fraction of sp³-hybridized carbons (Fsp3) is 0.667. The van der Waals surface area contributed by atoms with Crippen LogP contribution in [0.3, 0.4) is 0 Å². The summed E-state index contributed by atoms with van der Waals surface area (Å²) >= 11 is 13.7. The van der Waals surface area contributed by atoms with Crippen LogP contribution in [0.4, 0.5) is 13.2 Å². The summed E-state index contributed by atoms with van der Waals surface area (Å²) in [5.41, 5.74) is -4.88. The Morgan fingerprint density at radius 2 is 1.78 bits per heavy atom. The molecule has 0 aromatic heterocycles. The summed E-state index contributed by atoms with van der Waals surface area (Å²) in [6.07, 6.45) is 3.49. The van der Waals surface area contributed by atoms with Crippen molar-refractivity contribution in [3.8, 4) is 0 Å². The second kappa shape index (κ2) is 6.25. The molecule has 4 saturated carbocycles. The molecule has 0 heterocycles. The van der Waals surface area contributed by atoms with Crippen molar-refractivity contribution < 1.29 is 21.6 Å². The average Bonchev–Trinajstić information content (AvgIpc) is 2.50. The second-order valence-corrected chi connectivity index (χ2v) is 11.6. The van der Waals surface area contributed by atoms with E-state index in [4.69, 9.17) is 23.2 Å². The Kier molecular flexibility index (Phi) is 4.58. The second-order valence-electron chi connectivity index (χ2n) is 8.32. The number of hydrogen-bond donors (Lipinski definition) is 1. The summed E-state index contributed by atoms with van der Waals surface area (Å²) < 4.78 is 65.1. The van der Waals surface area contributed by atoms with Gasteiger partial charge >= 0.3 is 15.5 Å². The highest BCUT2D eigenvalue weighted by Gasteiger charge is 2.64. The van der Waals surface area contributed by atoms with Gasteiger partial charge in [-0.2, -0.15) is 17.9 Å². The third-order valence-electron chi connectivity index (χ3n) is 6.37. The Morgan fingerprint density at radius 3 is 2.33 bits per heavy atom. The van der Waals surface area contributed by atoms with Crippen molar-refractivity contribution in [3.05, 3.63) is 35.9 Å². The van der Waals surface area contributed by atoms with Gasteiger partial charge in [-0.15, -0.1) is 23.2 Å². The molecular formula is C18H20Cl2F3NO2S. The fourth-order valence-corrected chi connectivity index (χ4v) is 8.06. The van der Waals surface area contributed by atoms with Gasteiger partial charge in [-0.25, -0.2) is 8.42 Å². The Morgan fingerprint density at radius 1 is 1.11 bits per heavy atom. The van der Waals surface area contributed by atoms with Gasteiger partial charge in [0.1, 0.15) is 0 Å². The Hall–Kier alpha value is -0.500. The Balaban J connectivity index is 1.76. The molecule has 0 spiro atoms. The van der Waals surface area contributed by atoms with Crippen molar-refractivity contribution in [2.75, 3.05) is 0 Å². The molecule has 1 aromatic carbocycles. The summed E-state index contributed by atoms with van der Waals surface area (Å²) in [6.45, 7) is 0. The van der Waals surface area contributed by atoms with E-state index in [9.17, 15) is 21.6 Å². The number of sulfonamides is 1. The lowest BCUT2D eigenvalue weighted by atomic mass is 9.49. The first-order valence-electron chi connectivity index (χ1n) is 8.94. The molecule has 5 rings (SSSR count). The van der Waals surface area contributed by atoms with Gasteiger partial charge in [-0.3, -0.25) is 0 Å². The molecule has 1 unspecified atom stereocenters. The van der Waals surface area contributed by atoms with E-state index < -0.39 is 37.2 Å². The monoisotopic (exact) mass is 441 g/mol. The van der Waals surface area contributed by atoms with Crippen molar-refractivity contribution in [2.24, 2.45) is 17.8 Å². The first kappa shape index (κ1) is 19.8. The van der Waals surface area contributed by atoms with Crippen LogP contribution in [0, 0.1) is 17.8 Å². The maximum absolute atomic E-state index is 13.1. The van der Waals surface area contributed by atoms with Crippen LogP contribution in [0.25, 0.3) is 0 Å². The van der Waals surface area contributed by atoms with E-state index in [-0.39, 0.29) is 5.92 Å². The van der Waals surface area contributed by atoms with Crippen LogP contribution in [0.2, 0.25) is 0 Å². The number of rotatable bonds is 4. The van der Waals surface area contributed by atoms with Crippen molar-refractivity contribution in [2.45, 2.75) is 53.4 Å². The van der Waals surface area contributed by atoms with Gasteiger partial charge in [0, 0.05) is 10.8 Å². The zero-order chi connectivity index (χ0) is 19.7. The molecule has 0 saturated heterocycles. The van der Waals surface area contributed by atoms with Gasteiger partial charge in [0.05, 0.1) is 10.9 Å². The number of alkyl halides is 5. The lowest BCUT2D eigenvalue weighted by molar-refractivity contribution is -0.0481. The summed E-state index contributed by atoms with van der Waals surface area (Å²) in [4.78, 5) is -1.23. The molecule has 9 heteroatoms. The topological polar surface area (TPSA) is 46.2 Å². The highest BCUT2D eigenvalue weighted by Crippen LogP contribution is 2.66. The lowest BCUT2D eigenvalue weighted by Gasteiger charge is -2.63. The molecule has 0 amide bonds. The molecule has 4 aliphatic carbocycles. The quantitative estimate of drug-likeness (QED) is 0.670. The van der Waals surface area contributed by atoms with Crippen molar-refractivity contribution in [3.63, 3.8) is 0 Å². The van der Waals surface area contributed by atoms with Gasteiger partial charge in [0.15, 0.2) is 0 Å². The molecule has 150 valence electrons. The van der Waals surface area contributed by atoms with E-state index in [1.54, 1.807) is 30.3 Å². The number of hydrogen-bond acceptors (Lipinski definition) is 2. The molecule has 4 fully saturated rings. The van der Waals surface area contributed by atoms with Crippen LogP contribution in [-0.2, 0) is 10.0 Å². The predicted molar refractivity (Wildman–Crippen MR) is 98.0 cm³/mol. The van der Waals surface area contributed by atoms with E-state index in [1.807, 2.05) is 4.72 Å². The predicted octanol–water partition coefficient (Wildman–Crippen LogP) is 4.96. The summed E-state index contributed by atoms with van der Waals surface area (Å²) in [7, 11) is -5.51. The average molecular weight is 442 g/mol. The summed E-state index contributed by atoms with van der Waals surface area (Å²) in [5.74, 6) is -0.107. The minimum absolute atomic E-state index is 0.0117. The van der Waals surface area contributed by atoms with Gasteiger partial charge in [-0.1, -0.05) is 30.3 Å². The van der Waals surface area contributed by atoms with Crippen molar-refractivity contribution >= 4 is 33.2 Å². The van der Waals surface area contributed by atoms with Crippen LogP contribution in [0.1, 0.15) is 43.7 Å². The lowest BCUT2D eigenvalue weighted by Crippen LogP contribution is -2.62. The van der Waals surface area contributed by atoms with Crippen LogP contribution < -0.4 is 4.72 Å². The van der Waals surface area contributed by atoms with E-state index in [1.165, 1.54) is 0 Å². The minimum atomic E-state index is -5.51. The molecule has 0 radical (unpaired) electrons. The molecule has 1 N–H and O–H groups in total. The highest BCUT2D eigenvalue weighted by atomic mass is 35.5. The Bertz CT molecular complexity index is 835. The van der Waals surface area contributed by atoms with E-state index >= 15 is 0 Å². The molecule has 1 aromatic rings.